The first kappa shape index (κ1) is 16.7. The van der Waals surface area contributed by atoms with E-state index in [4.69, 9.17) is 9.47 Å². The molecule has 0 aliphatic carbocycles. The van der Waals surface area contributed by atoms with Gasteiger partial charge >= 0.3 is 0 Å². The van der Waals surface area contributed by atoms with Crippen LogP contribution in [0.3, 0.4) is 0 Å². The first-order valence-electron chi connectivity index (χ1n) is 8.23. The van der Waals surface area contributed by atoms with Gasteiger partial charge in [0.1, 0.15) is 22.8 Å². The predicted octanol–water partition coefficient (Wildman–Crippen LogP) is 5.65. The smallest absolute Gasteiger partial charge is 0.130 e. The van der Waals surface area contributed by atoms with Crippen molar-refractivity contribution in [2.24, 2.45) is 0 Å². The summed E-state index contributed by atoms with van der Waals surface area (Å²) in [6.07, 6.45) is 1.85. The Labute approximate surface area is 160 Å². The number of nitrogens with zero attached hydrogens (tertiary/aromatic N) is 2. The molecule has 5 heteroatoms. The monoisotopic (exact) mass is 408 g/mol. The second kappa shape index (κ2) is 7.22. The van der Waals surface area contributed by atoms with Crippen molar-refractivity contribution < 1.29 is 9.47 Å². The van der Waals surface area contributed by atoms with E-state index in [1.54, 1.807) is 7.11 Å². The molecule has 0 N–H and O–H groups in total. The number of hydrogen-bond donors (Lipinski definition) is 0. The molecule has 0 amide bonds. The quantitative estimate of drug-likeness (QED) is 0.428. The van der Waals surface area contributed by atoms with E-state index in [2.05, 4.69) is 37.6 Å². The molecule has 4 rings (SSSR count). The number of imidazole rings is 1. The lowest BCUT2D eigenvalue weighted by Gasteiger charge is -2.09. The largest absolute Gasteiger partial charge is 0.497 e. The number of rotatable bonds is 5. The zero-order valence-electron chi connectivity index (χ0n) is 14.2. The van der Waals surface area contributed by atoms with E-state index in [0.717, 1.165) is 39.3 Å². The summed E-state index contributed by atoms with van der Waals surface area (Å²) in [5.41, 5.74) is 3.11. The van der Waals surface area contributed by atoms with Crippen molar-refractivity contribution in [2.75, 3.05) is 7.11 Å². The molecule has 4 nitrogen and oxygen atoms in total. The Morgan fingerprint density at radius 1 is 0.923 bits per heavy atom. The van der Waals surface area contributed by atoms with Crippen LogP contribution in [0.2, 0.25) is 0 Å². The molecule has 0 aliphatic heterocycles. The summed E-state index contributed by atoms with van der Waals surface area (Å²) >= 11 is 3.61. The number of ether oxygens (including phenoxy) is 2. The molecular formula is C21H17BrN2O2. The van der Waals surface area contributed by atoms with Crippen molar-refractivity contribution >= 4 is 27.0 Å². The molecule has 0 radical (unpaired) electrons. The first-order chi connectivity index (χ1) is 12.7. The second-order valence-corrected chi connectivity index (χ2v) is 6.76. The molecule has 0 saturated heterocycles. The SMILES string of the molecule is COc1ccc(Cn2cnc3c(Br)cc(Oc4ccccc4)cc32)cc1. The molecule has 1 aromatic heterocycles. The number of halogens is 1. The summed E-state index contributed by atoms with van der Waals surface area (Å²) in [6.45, 7) is 0.724. The Hall–Kier alpha value is -2.79. The van der Waals surface area contributed by atoms with Gasteiger partial charge in [-0.05, 0) is 51.8 Å². The molecule has 0 fully saturated rings. The summed E-state index contributed by atoms with van der Waals surface area (Å²) in [5.74, 6) is 2.43. The maximum absolute atomic E-state index is 5.98. The molecule has 0 saturated carbocycles. The molecule has 26 heavy (non-hydrogen) atoms. The van der Waals surface area contributed by atoms with Gasteiger partial charge in [-0.25, -0.2) is 4.98 Å². The highest BCUT2D eigenvalue weighted by molar-refractivity contribution is 9.10. The minimum atomic E-state index is 0.724. The van der Waals surface area contributed by atoms with E-state index in [1.807, 2.05) is 60.9 Å². The van der Waals surface area contributed by atoms with E-state index >= 15 is 0 Å². The third kappa shape index (κ3) is 3.44. The fourth-order valence-corrected chi connectivity index (χ4v) is 3.37. The number of methoxy groups -OCH3 is 1. The van der Waals surface area contributed by atoms with Crippen molar-refractivity contribution in [2.45, 2.75) is 6.54 Å². The van der Waals surface area contributed by atoms with Crippen molar-refractivity contribution in [3.8, 4) is 17.2 Å². The van der Waals surface area contributed by atoms with Gasteiger partial charge in [-0.3, -0.25) is 0 Å². The zero-order chi connectivity index (χ0) is 17.9. The summed E-state index contributed by atoms with van der Waals surface area (Å²) in [6, 6.07) is 21.8. The van der Waals surface area contributed by atoms with Crippen molar-refractivity contribution in [3.05, 3.63) is 83.1 Å². The molecule has 0 aliphatic rings. The van der Waals surface area contributed by atoms with Crippen LogP contribution in [0, 0.1) is 0 Å². The molecule has 0 spiro atoms. The molecule has 4 aromatic rings. The number of hydrogen-bond acceptors (Lipinski definition) is 3. The van der Waals surface area contributed by atoms with Crippen LogP contribution in [-0.4, -0.2) is 16.7 Å². The number of para-hydroxylation sites is 1. The Kier molecular flexibility index (Phi) is 4.63. The van der Waals surface area contributed by atoms with Crippen LogP contribution in [-0.2, 0) is 6.54 Å². The minimum absolute atomic E-state index is 0.724. The predicted molar refractivity (Wildman–Crippen MR) is 106 cm³/mol. The molecule has 1 heterocycles. The average molecular weight is 409 g/mol. The average Bonchev–Trinajstić information content (AvgIpc) is 3.06. The topological polar surface area (TPSA) is 36.3 Å². The first-order valence-corrected chi connectivity index (χ1v) is 9.02. The Balaban J connectivity index is 1.67. The fourth-order valence-electron chi connectivity index (χ4n) is 2.83. The molecule has 0 unspecified atom stereocenters. The van der Waals surface area contributed by atoms with E-state index in [1.165, 1.54) is 5.56 Å². The lowest BCUT2D eigenvalue weighted by Crippen LogP contribution is -1.98. The van der Waals surface area contributed by atoms with Crippen LogP contribution >= 0.6 is 15.9 Å². The Morgan fingerprint density at radius 2 is 1.69 bits per heavy atom. The molecule has 0 bridgehead atoms. The summed E-state index contributed by atoms with van der Waals surface area (Å²) in [4.78, 5) is 4.53. The van der Waals surface area contributed by atoms with Gasteiger partial charge < -0.3 is 14.0 Å². The summed E-state index contributed by atoms with van der Waals surface area (Å²) < 4.78 is 14.2. The molecule has 3 aromatic carbocycles. The van der Waals surface area contributed by atoms with Crippen molar-refractivity contribution in [3.63, 3.8) is 0 Å². The zero-order valence-corrected chi connectivity index (χ0v) is 15.8. The van der Waals surface area contributed by atoms with Crippen LogP contribution in [0.1, 0.15) is 5.56 Å². The van der Waals surface area contributed by atoms with Gasteiger partial charge in [-0.2, -0.15) is 0 Å². The van der Waals surface area contributed by atoms with Gasteiger partial charge in [0.05, 0.1) is 19.0 Å². The third-order valence-electron chi connectivity index (χ3n) is 4.14. The maximum Gasteiger partial charge on any atom is 0.130 e. The number of aromatic nitrogens is 2. The highest BCUT2D eigenvalue weighted by atomic mass is 79.9. The lowest BCUT2D eigenvalue weighted by molar-refractivity contribution is 0.414. The van der Waals surface area contributed by atoms with E-state index in [0.29, 0.717) is 0 Å². The van der Waals surface area contributed by atoms with Gasteiger partial charge in [0.15, 0.2) is 0 Å². The van der Waals surface area contributed by atoms with Gasteiger partial charge in [0.2, 0.25) is 0 Å². The maximum atomic E-state index is 5.98. The highest BCUT2D eigenvalue weighted by Crippen LogP contribution is 2.31. The van der Waals surface area contributed by atoms with Crippen molar-refractivity contribution in [1.82, 2.24) is 9.55 Å². The van der Waals surface area contributed by atoms with E-state index < -0.39 is 0 Å². The van der Waals surface area contributed by atoms with Crippen LogP contribution in [0.5, 0.6) is 17.2 Å². The Morgan fingerprint density at radius 3 is 2.42 bits per heavy atom. The minimum Gasteiger partial charge on any atom is -0.497 e. The van der Waals surface area contributed by atoms with E-state index in [9.17, 15) is 0 Å². The molecule has 0 atom stereocenters. The van der Waals surface area contributed by atoms with E-state index in [-0.39, 0.29) is 0 Å². The van der Waals surface area contributed by atoms with Gasteiger partial charge in [-0.15, -0.1) is 0 Å². The van der Waals surface area contributed by atoms with Gasteiger partial charge in [0.25, 0.3) is 0 Å². The summed E-state index contributed by atoms with van der Waals surface area (Å²) in [7, 11) is 1.67. The second-order valence-electron chi connectivity index (χ2n) is 5.91. The number of fused-ring (bicyclic) bond motifs is 1. The molecular weight excluding hydrogens is 392 g/mol. The van der Waals surface area contributed by atoms with Crippen molar-refractivity contribution in [1.29, 1.82) is 0 Å². The lowest BCUT2D eigenvalue weighted by atomic mass is 10.2. The van der Waals surface area contributed by atoms with Gasteiger partial charge in [0, 0.05) is 17.1 Å². The van der Waals surface area contributed by atoms with Gasteiger partial charge in [-0.1, -0.05) is 30.3 Å². The van der Waals surface area contributed by atoms with Crippen LogP contribution in [0.4, 0.5) is 0 Å². The highest BCUT2D eigenvalue weighted by Gasteiger charge is 2.10. The Bertz CT molecular complexity index is 1030. The van der Waals surface area contributed by atoms with Crippen LogP contribution in [0.15, 0.2) is 77.5 Å². The fraction of sp³-hybridized carbons (Fsp3) is 0.0952. The normalized spacial score (nSPS) is 10.8. The van der Waals surface area contributed by atoms with Crippen LogP contribution in [0.25, 0.3) is 11.0 Å². The number of benzene rings is 3. The molecule has 130 valence electrons. The van der Waals surface area contributed by atoms with Crippen LogP contribution < -0.4 is 9.47 Å². The standard InChI is InChI=1S/C21H17BrN2O2/c1-25-16-9-7-15(8-10-16)13-24-14-23-21-19(22)11-18(12-20(21)24)26-17-5-3-2-4-6-17/h2-12,14H,13H2,1H3. The summed E-state index contributed by atoms with van der Waals surface area (Å²) in [5, 5.41) is 0. The third-order valence-corrected chi connectivity index (χ3v) is 4.75.